The first-order valence-corrected chi connectivity index (χ1v) is 9.52. The lowest BCUT2D eigenvalue weighted by molar-refractivity contribution is -0.129. The van der Waals surface area contributed by atoms with Crippen molar-refractivity contribution in [1.82, 2.24) is 14.7 Å². The van der Waals surface area contributed by atoms with Gasteiger partial charge in [0.1, 0.15) is 0 Å². The number of likely N-dealkylation sites (N-methyl/N-ethyl adjacent to an activating group) is 1. The summed E-state index contributed by atoms with van der Waals surface area (Å²) in [6, 6.07) is 8.22. The minimum Gasteiger partial charge on any atom is -0.339 e. The van der Waals surface area contributed by atoms with Crippen LogP contribution >= 0.6 is 0 Å². The first-order chi connectivity index (χ1) is 12.4. The third-order valence-electron chi connectivity index (χ3n) is 5.38. The Kier molecular flexibility index (Phi) is 5.94. The van der Waals surface area contributed by atoms with Gasteiger partial charge in [-0.25, -0.2) is 0 Å². The molecule has 2 aliphatic rings. The number of carbonyl (C=O) groups excluding carboxylic acids is 2. The molecule has 0 spiro atoms. The lowest BCUT2D eigenvalue weighted by Crippen LogP contribution is -2.43. The number of likely N-dealkylation sites (tertiary alicyclic amines) is 1. The maximum absolute atomic E-state index is 12.5. The largest absolute Gasteiger partial charge is 0.339 e. The summed E-state index contributed by atoms with van der Waals surface area (Å²) in [5.41, 5.74) is 2.06. The molecule has 26 heavy (non-hydrogen) atoms. The monoisotopic (exact) mass is 358 g/mol. The molecule has 1 atom stereocenters. The van der Waals surface area contributed by atoms with Gasteiger partial charge in [0.15, 0.2) is 0 Å². The van der Waals surface area contributed by atoms with E-state index >= 15 is 0 Å². The second-order valence-corrected chi connectivity index (χ2v) is 7.81. The summed E-state index contributed by atoms with van der Waals surface area (Å²) in [6.45, 7) is 9.85. The van der Waals surface area contributed by atoms with Crippen LogP contribution in [0.4, 0.5) is 5.69 Å². The number of amides is 2. The number of hydrogen-bond donors (Lipinski definition) is 1. The van der Waals surface area contributed by atoms with E-state index in [2.05, 4.69) is 34.3 Å². The maximum atomic E-state index is 12.5. The van der Waals surface area contributed by atoms with Crippen molar-refractivity contribution in [1.29, 1.82) is 0 Å². The molecule has 0 radical (unpaired) electrons. The second kappa shape index (κ2) is 8.18. The smallest absolute Gasteiger partial charge is 0.229 e. The average molecular weight is 358 g/mol. The van der Waals surface area contributed by atoms with Gasteiger partial charge < -0.3 is 15.1 Å². The van der Waals surface area contributed by atoms with Crippen molar-refractivity contribution in [3.8, 4) is 0 Å². The standard InChI is InChI=1S/C20H30N4O2/c1-15(2)24-14-17(12-19(24)25)20(26)21-18-6-4-16(5-7-18)13-23-10-8-22(3)9-11-23/h4-7,15,17H,8-14H2,1-3H3,(H,21,26). The maximum Gasteiger partial charge on any atom is 0.229 e. The van der Waals surface area contributed by atoms with Crippen LogP contribution in [-0.2, 0) is 16.1 Å². The normalized spacial score (nSPS) is 22.2. The summed E-state index contributed by atoms with van der Waals surface area (Å²) in [7, 11) is 2.16. The number of carbonyl (C=O) groups is 2. The third-order valence-corrected chi connectivity index (χ3v) is 5.38. The molecule has 2 fully saturated rings. The van der Waals surface area contributed by atoms with Gasteiger partial charge in [0.25, 0.3) is 0 Å². The van der Waals surface area contributed by atoms with Crippen molar-refractivity contribution >= 4 is 17.5 Å². The van der Waals surface area contributed by atoms with Gasteiger partial charge in [-0.1, -0.05) is 12.1 Å². The Morgan fingerprint density at radius 1 is 1.15 bits per heavy atom. The van der Waals surface area contributed by atoms with E-state index in [9.17, 15) is 9.59 Å². The van der Waals surface area contributed by atoms with Crippen LogP contribution in [0.1, 0.15) is 25.8 Å². The van der Waals surface area contributed by atoms with Gasteiger partial charge in [-0.05, 0) is 38.6 Å². The van der Waals surface area contributed by atoms with Crippen molar-refractivity contribution < 1.29 is 9.59 Å². The van der Waals surface area contributed by atoms with Gasteiger partial charge in [-0.3, -0.25) is 14.5 Å². The molecule has 0 bridgehead atoms. The van der Waals surface area contributed by atoms with E-state index in [1.165, 1.54) is 5.56 Å². The Bertz CT molecular complexity index is 636. The Labute approximate surface area is 156 Å². The molecule has 0 aliphatic carbocycles. The van der Waals surface area contributed by atoms with E-state index in [0.29, 0.717) is 13.0 Å². The first kappa shape index (κ1) is 18.9. The highest BCUT2D eigenvalue weighted by Crippen LogP contribution is 2.22. The Balaban J connectivity index is 1.51. The van der Waals surface area contributed by atoms with Crippen LogP contribution in [0, 0.1) is 5.92 Å². The first-order valence-electron chi connectivity index (χ1n) is 9.52. The topological polar surface area (TPSA) is 55.9 Å². The van der Waals surface area contributed by atoms with Crippen LogP contribution in [0.2, 0.25) is 0 Å². The van der Waals surface area contributed by atoms with E-state index in [-0.39, 0.29) is 23.8 Å². The molecule has 142 valence electrons. The van der Waals surface area contributed by atoms with Crippen LogP contribution in [0.25, 0.3) is 0 Å². The molecule has 1 aromatic rings. The summed E-state index contributed by atoms with van der Waals surface area (Å²) in [5, 5.41) is 2.96. The highest BCUT2D eigenvalue weighted by Gasteiger charge is 2.35. The second-order valence-electron chi connectivity index (χ2n) is 7.81. The number of anilines is 1. The van der Waals surface area contributed by atoms with Crippen LogP contribution < -0.4 is 5.32 Å². The molecule has 1 aromatic carbocycles. The van der Waals surface area contributed by atoms with Crippen molar-refractivity contribution in [2.45, 2.75) is 32.9 Å². The minimum atomic E-state index is -0.255. The molecule has 1 N–H and O–H groups in total. The van der Waals surface area contributed by atoms with Crippen LogP contribution in [-0.4, -0.2) is 72.3 Å². The number of hydrogen-bond acceptors (Lipinski definition) is 4. The van der Waals surface area contributed by atoms with Crippen LogP contribution in [0.5, 0.6) is 0 Å². The van der Waals surface area contributed by atoms with Crippen molar-refractivity contribution in [3.05, 3.63) is 29.8 Å². The number of piperazine rings is 1. The number of nitrogens with zero attached hydrogens (tertiary/aromatic N) is 3. The van der Waals surface area contributed by atoms with Crippen molar-refractivity contribution in [2.75, 3.05) is 45.1 Å². The van der Waals surface area contributed by atoms with E-state index < -0.39 is 0 Å². The summed E-state index contributed by atoms with van der Waals surface area (Å²) < 4.78 is 0. The summed E-state index contributed by atoms with van der Waals surface area (Å²) in [4.78, 5) is 31.0. The molecule has 2 heterocycles. The molecule has 1 unspecified atom stereocenters. The zero-order valence-corrected chi connectivity index (χ0v) is 16.1. The predicted octanol–water partition coefficient (Wildman–Crippen LogP) is 1.63. The zero-order valence-electron chi connectivity index (χ0n) is 16.1. The molecule has 6 nitrogen and oxygen atoms in total. The van der Waals surface area contributed by atoms with Gasteiger partial charge in [0.05, 0.1) is 5.92 Å². The molecular formula is C20H30N4O2. The highest BCUT2D eigenvalue weighted by atomic mass is 16.2. The fourth-order valence-electron chi connectivity index (χ4n) is 3.61. The van der Waals surface area contributed by atoms with Gasteiger partial charge in [-0.15, -0.1) is 0 Å². The Hall–Kier alpha value is -1.92. The molecule has 2 saturated heterocycles. The molecule has 3 rings (SSSR count). The SMILES string of the molecule is CC(C)N1CC(C(=O)Nc2ccc(CN3CCN(C)CC3)cc2)CC1=O. The predicted molar refractivity (Wildman–Crippen MR) is 103 cm³/mol. The van der Waals surface area contributed by atoms with E-state index in [0.717, 1.165) is 38.4 Å². The summed E-state index contributed by atoms with van der Waals surface area (Å²) in [5.74, 6) is -0.245. The highest BCUT2D eigenvalue weighted by molar-refractivity contribution is 5.97. The molecule has 0 aromatic heterocycles. The number of benzene rings is 1. The van der Waals surface area contributed by atoms with Crippen LogP contribution in [0.3, 0.4) is 0 Å². The summed E-state index contributed by atoms with van der Waals surface area (Å²) in [6.07, 6.45) is 0.311. The summed E-state index contributed by atoms with van der Waals surface area (Å²) >= 11 is 0. The zero-order chi connectivity index (χ0) is 18.7. The lowest BCUT2D eigenvalue weighted by Gasteiger charge is -2.32. The number of nitrogens with one attached hydrogen (secondary N) is 1. The van der Waals surface area contributed by atoms with Crippen LogP contribution in [0.15, 0.2) is 24.3 Å². The van der Waals surface area contributed by atoms with Gasteiger partial charge >= 0.3 is 0 Å². The molecule has 2 amide bonds. The molecule has 2 aliphatic heterocycles. The fraction of sp³-hybridized carbons (Fsp3) is 0.600. The van der Waals surface area contributed by atoms with Crippen molar-refractivity contribution in [3.63, 3.8) is 0 Å². The van der Waals surface area contributed by atoms with E-state index in [1.807, 2.05) is 26.0 Å². The lowest BCUT2D eigenvalue weighted by atomic mass is 10.1. The Morgan fingerprint density at radius 2 is 1.81 bits per heavy atom. The van der Waals surface area contributed by atoms with E-state index in [4.69, 9.17) is 0 Å². The molecular weight excluding hydrogens is 328 g/mol. The molecule has 0 saturated carbocycles. The average Bonchev–Trinajstić information content (AvgIpc) is 3.01. The quantitative estimate of drug-likeness (QED) is 0.869. The molecule has 6 heteroatoms. The fourth-order valence-corrected chi connectivity index (χ4v) is 3.61. The third kappa shape index (κ3) is 4.62. The Morgan fingerprint density at radius 3 is 2.38 bits per heavy atom. The van der Waals surface area contributed by atoms with Gasteiger partial charge in [-0.2, -0.15) is 0 Å². The van der Waals surface area contributed by atoms with Gasteiger partial charge in [0.2, 0.25) is 11.8 Å². The van der Waals surface area contributed by atoms with Gasteiger partial charge in [0, 0.05) is 57.4 Å². The minimum absolute atomic E-state index is 0.0617. The number of rotatable bonds is 5. The van der Waals surface area contributed by atoms with E-state index in [1.54, 1.807) is 4.90 Å². The van der Waals surface area contributed by atoms with Crippen molar-refractivity contribution in [2.24, 2.45) is 5.92 Å².